The third-order valence-electron chi connectivity index (χ3n) is 18.7. The summed E-state index contributed by atoms with van der Waals surface area (Å²) < 4.78 is 85.1. The molecule has 0 radical (unpaired) electrons. The highest BCUT2D eigenvalue weighted by molar-refractivity contribution is 6.31. The quantitative estimate of drug-likeness (QED) is 0.240. The second kappa shape index (κ2) is 33.0. The van der Waals surface area contributed by atoms with Gasteiger partial charge in [0.25, 0.3) is 0 Å². The zero-order chi connectivity index (χ0) is 71.5. The molecule has 1 saturated carbocycles. The maximum Gasteiger partial charge on any atom is 0.417 e. The van der Waals surface area contributed by atoms with Crippen molar-refractivity contribution in [3.63, 3.8) is 0 Å². The van der Waals surface area contributed by atoms with Crippen LogP contribution in [0.1, 0.15) is 135 Å². The van der Waals surface area contributed by atoms with Crippen molar-refractivity contribution in [2.24, 2.45) is 17.8 Å². The molecular formula is C66H94ClF6N11O11. The van der Waals surface area contributed by atoms with Crippen LogP contribution in [0.5, 0.6) is 0 Å². The SMILES string of the molecule is CC[C@H](C)[C@@H]1NC(=O)[C@H](CC(C)C)N(C)C(=O)C[C@@H](C)N(C)C(=O)[C@H](C(C)C)N(C)C(=O)C2(CCCC2)NC(=O)[C@@H]2CCCN2C(=O)[C@H](CCc2ccc(C(F)(F)F)c(Cl)c2)NC(=O)CN(C)C(=O)[C@H](Cc2ccccc2C(F)(F)F)N(C)C(=O)CN(C)C(=O)CN(C)C1=O. The summed E-state index contributed by atoms with van der Waals surface area (Å²) in [6.45, 7) is 9.92. The summed E-state index contributed by atoms with van der Waals surface area (Å²) >= 11 is 6.08. The lowest BCUT2D eigenvalue weighted by molar-refractivity contribution is -0.152. The zero-order valence-corrected chi connectivity index (χ0v) is 57.6. The molecule has 2 aromatic rings. The van der Waals surface area contributed by atoms with E-state index in [0.29, 0.717) is 19.3 Å². The lowest BCUT2D eigenvalue weighted by Crippen LogP contribution is -2.64. The minimum Gasteiger partial charge on any atom is -0.343 e. The standard InChI is InChI=1S/C66H94ClF6N11O11/c1-15-40(6)55-61(93)79(10)36-53(87)77(8)37-54(88)82(13)50(34-43-21-16-17-22-44(43)65(68,69)70)60(92)78(9)35-51(85)74-47(27-25-42-24-26-45(46(67)33-42)66(71,72)73)59(91)84-30-20-23-48(84)58(90)76-64(28-18-19-29-64)63(95)83(14)56(39(4)5)62(94)80(11)41(7)32-52(86)81(12)49(31-38(2)3)57(89)75-55/h16-17,21-22,24,26,33,38-41,47-50,55-56H,15,18-20,23,25,27-32,34-37H2,1-14H3,(H,74,85)(H,75,89)(H,76,90)/t40-,41+,47-,48-,49-,50-,55-,56-/m0/s1. The maximum atomic E-state index is 15.1. The first kappa shape index (κ1) is 78.2. The van der Waals surface area contributed by atoms with E-state index in [2.05, 4.69) is 16.0 Å². The number of nitrogens with zero attached hydrogens (tertiary/aromatic N) is 8. The van der Waals surface area contributed by atoms with Crippen molar-refractivity contribution in [2.75, 3.05) is 75.5 Å². The Labute approximate surface area is 557 Å². The summed E-state index contributed by atoms with van der Waals surface area (Å²) in [5.41, 5.74) is -4.04. The number of carbonyl (C=O) groups is 11. The predicted octanol–water partition coefficient (Wildman–Crippen LogP) is 5.80. The molecular weight excluding hydrogens is 1270 g/mol. The molecule has 8 atom stereocenters. The number of amides is 11. The Kier molecular flexibility index (Phi) is 27.1. The zero-order valence-electron chi connectivity index (χ0n) is 56.8. The van der Waals surface area contributed by atoms with E-state index in [9.17, 15) is 69.5 Å². The molecule has 0 bridgehead atoms. The van der Waals surface area contributed by atoms with Gasteiger partial charge in [-0.25, -0.2) is 0 Å². The second-order valence-corrected chi connectivity index (χ2v) is 27.0. The number of alkyl halides is 6. The summed E-state index contributed by atoms with van der Waals surface area (Å²) in [7, 11) is 9.13. The maximum absolute atomic E-state index is 15.1. The normalized spacial score (nSPS) is 24.7. The Morgan fingerprint density at radius 3 is 1.80 bits per heavy atom. The van der Waals surface area contributed by atoms with E-state index in [-0.39, 0.29) is 69.4 Å². The van der Waals surface area contributed by atoms with Crippen molar-refractivity contribution in [3.8, 4) is 0 Å². The summed E-state index contributed by atoms with van der Waals surface area (Å²) in [5, 5.41) is 7.74. The third kappa shape index (κ3) is 19.6. The Morgan fingerprint density at radius 1 is 0.632 bits per heavy atom. The number of carbonyl (C=O) groups excluding carboxylic acids is 11. The van der Waals surface area contributed by atoms with Crippen LogP contribution in [0.15, 0.2) is 42.5 Å². The lowest BCUT2D eigenvalue weighted by Gasteiger charge is -2.41. The second-order valence-electron chi connectivity index (χ2n) is 26.6. The summed E-state index contributed by atoms with van der Waals surface area (Å²) in [5.74, 6) is -9.66. The van der Waals surface area contributed by atoms with E-state index in [1.54, 1.807) is 34.6 Å². The van der Waals surface area contributed by atoms with Gasteiger partial charge in [-0.3, -0.25) is 52.7 Å². The third-order valence-corrected chi connectivity index (χ3v) is 19.0. The van der Waals surface area contributed by atoms with Gasteiger partial charge in [0, 0.05) is 74.8 Å². The van der Waals surface area contributed by atoms with Gasteiger partial charge >= 0.3 is 12.4 Å². The Balaban J connectivity index is 1.60. The molecule has 2 saturated heterocycles. The van der Waals surface area contributed by atoms with Crippen molar-refractivity contribution >= 4 is 76.6 Å². The van der Waals surface area contributed by atoms with Crippen molar-refractivity contribution in [1.29, 1.82) is 0 Å². The first-order valence-electron chi connectivity index (χ1n) is 32.2. The van der Waals surface area contributed by atoms with Crippen molar-refractivity contribution in [1.82, 2.24) is 55.1 Å². The van der Waals surface area contributed by atoms with E-state index in [0.717, 1.165) is 70.1 Å². The topological polar surface area (TPSA) is 250 Å². The number of benzene rings is 2. The van der Waals surface area contributed by atoms with Gasteiger partial charge in [0.05, 0.1) is 35.8 Å². The van der Waals surface area contributed by atoms with Gasteiger partial charge in [-0.1, -0.05) is 96.7 Å². The Bertz CT molecular complexity index is 3150. The summed E-state index contributed by atoms with van der Waals surface area (Å²) in [6, 6.07) is -1.66. The highest BCUT2D eigenvalue weighted by Gasteiger charge is 2.50. The summed E-state index contributed by atoms with van der Waals surface area (Å²) in [4.78, 5) is 169. The highest BCUT2D eigenvalue weighted by Crippen LogP contribution is 2.37. The van der Waals surface area contributed by atoms with Crippen LogP contribution in [0.3, 0.4) is 0 Å². The Hall–Kier alpha value is -7.52. The van der Waals surface area contributed by atoms with Crippen LogP contribution in [0.25, 0.3) is 0 Å². The average Bonchev–Trinajstić information content (AvgIpc) is 1.74. The molecule has 1 aliphatic carbocycles. The Morgan fingerprint density at radius 2 is 1.22 bits per heavy atom. The number of fused-ring (bicyclic) bond motifs is 1. The predicted molar refractivity (Wildman–Crippen MR) is 341 cm³/mol. The minimum absolute atomic E-state index is 0.0390. The number of rotatable bonds is 10. The molecule has 3 aliphatic rings. The van der Waals surface area contributed by atoms with Gasteiger partial charge in [0.2, 0.25) is 65.0 Å². The monoisotopic (exact) mass is 1370 g/mol. The van der Waals surface area contributed by atoms with E-state index in [4.69, 9.17) is 11.6 Å². The molecule has 11 amide bonds. The molecule has 5 rings (SSSR count). The van der Waals surface area contributed by atoms with Crippen LogP contribution in [0, 0.1) is 17.8 Å². The smallest absolute Gasteiger partial charge is 0.343 e. The molecule has 0 unspecified atom stereocenters. The van der Waals surface area contributed by atoms with Gasteiger partial charge in [-0.05, 0) is 98.9 Å². The first-order valence-corrected chi connectivity index (χ1v) is 32.6. The number of nitrogens with one attached hydrogen (secondary N) is 3. The number of hydrogen-bond acceptors (Lipinski definition) is 11. The summed E-state index contributed by atoms with van der Waals surface area (Å²) in [6.07, 6.45) is -9.14. The van der Waals surface area contributed by atoms with Crippen LogP contribution in [0.2, 0.25) is 5.02 Å². The van der Waals surface area contributed by atoms with Crippen LogP contribution in [-0.4, -0.2) is 228 Å². The van der Waals surface area contributed by atoms with E-state index < -0.39 is 185 Å². The molecule has 22 nitrogen and oxygen atoms in total. The highest BCUT2D eigenvalue weighted by atomic mass is 35.5. The average molecular weight is 1370 g/mol. The number of hydrogen-bond donors (Lipinski definition) is 3. The lowest BCUT2D eigenvalue weighted by atomic mass is 9.91. The van der Waals surface area contributed by atoms with E-state index in [1.807, 2.05) is 13.8 Å². The number of aryl methyl sites for hydroxylation is 1. The molecule has 95 heavy (non-hydrogen) atoms. The number of likely N-dealkylation sites (N-methyl/N-ethyl adjacent to an activating group) is 7. The van der Waals surface area contributed by atoms with Crippen molar-refractivity contribution in [3.05, 3.63) is 69.7 Å². The van der Waals surface area contributed by atoms with Gasteiger partial charge in [0.15, 0.2) is 0 Å². The van der Waals surface area contributed by atoms with Crippen LogP contribution >= 0.6 is 11.6 Å². The molecule has 2 aliphatic heterocycles. The molecule has 0 aromatic heterocycles. The molecule has 3 fully saturated rings. The van der Waals surface area contributed by atoms with Crippen LogP contribution < -0.4 is 16.0 Å². The van der Waals surface area contributed by atoms with Crippen molar-refractivity contribution < 1.29 is 79.1 Å². The fourth-order valence-corrected chi connectivity index (χ4v) is 12.9. The van der Waals surface area contributed by atoms with E-state index >= 15 is 9.59 Å². The fourth-order valence-electron chi connectivity index (χ4n) is 12.6. The molecule has 29 heteroatoms. The molecule has 2 aromatic carbocycles. The van der Waals surface area contributed by atoms with Gasteiger partial charge in [-0.2, -0.15) is 26.3 Å². The van der Waals surface area contributed by atoms with Gasteiger partial charge < -0.3 is 55.1 Å². The molecule has 528 valence electrons. The van der Waals surface area contributed by atoms with Gasteiger partial charge in [0.1, 0.15) is 41.8 Å². The molecule has 2 heterocycles. The molecule has 1 spiro atoms. The van der Waals surface area contributed by atoms with E-state index in [1.165, 1.54) is 60.9 Å². The van der Waals surface area contributed by atoms with Crippen LogP contribution in [0.4, 0.5) is 26.3 Å². The fraction of sp³-hybridized carbons (Fsp3) is 0.652. The van der Waals surface area contributed by atoms with Crippen LogP contribution in [-0.2, 0) is 77.9 Å². The molecule has 3 N–H and O–H groups in total. The first-order chi connectivity index (χ1) is 44.2. The largest absolute Gasteiger partial charge is 0.417 e. The number of halogens is 7. The van der Waals surface area contributed by atoms with Crippen molar-refractivity contribution in [2.45, 2.75) is 186 Å². The van der Waals surface area contributed by atoms with Gasteiger partial charge in [-0.15, -0.1) is 0 Å². The minimum atomic E-state index is -4.94.